The van der Waals surface area contributed by atoms with Crippen LogP contribution < -0.4 is 4.74 Å². The third-order valence-electron chi connectivity index (χ3n) is 2.87. The van der Waals surface area contributed by atoms with Crippen molar-refractivity contribution in [3.8, 4) is 5.88 Å². The molecule has 0 aromatic carbocycles. The first-order chi connectivity index (χ1) is 9.65. The van der Waals surface area contributed by atoms with E-state index in [1.54, 1.807) is 24.1 Å². The van der Waals surface area contributed by atoms with E-state index < -0.39 is 0 Å². The summed E-state index contributed by atoms with van der Waals surface area (Å²) < 4.78 is 6.64. The topological polar surface area (TPSA) is 57.0 Å². The number of carbonyl (C=O) groups excluding carboxylic acids is 1. The molecular formula is C14H16ClN3O2. The number of ketones is 1. The summed E-state index contributed by atoms with van der Waals surface area (Å²) in [4.78, 5) is 16.4. The molecule has 0 atom stereocenters. The molecule has 0 amide bonds. The van der Waals surface area contributed by atoms with Crippen molar-refractivity contribution in [3.63, 3.8) is 0 Å². The molecule has 2 aromatic rings. The average molecular weight is 294 g/mol. The molecule has 6 heteroatoms. The number of aromatic nitrogens is 3. The Morgan fingerprint density at radius 2 is 2.20 bits per heavy atom. The molecule has 106 valence electrons. The lowest BCUT2D eigenvalue weighted by Gasteiger charge is -2.06. The van der Waals surface area contributed by atoms with E-state index in [1.807, 2.05) is 13.0 Å². The lowest BCUT2D eigenvalue weighted by Crippen LogP contribution is -2.13. The summed E-state index contributed by atoms with van der Waals surface area (Å²) in [6, 6.07) is 3.55. The summed E-state index contributed by atoms with van der Waals surface area (Å²) in [5.74, 6) is 0.461. The first-order valence-corrected chi connectivity index (χ1v) is 6.77. The van der Waals surface area contributed by atoms with Gasteiger partial charge in [-0.3, -0.25) is 9.48 Å². The predicted molar refractivity (Wildman–Crippen MR) is 76.4 cm³/mol. The molecule has 0 aliphatic carbocycles. The highest BCUT2D eigenvalue weighted by Crippen LogP contribution is 2.18. The number of ether oxygens (including phenoxy) is 1. The minimum atomic E-state index is -0.0621. The number of pyridine rings is 1. The van der Waals surface area contributed by atoms with Gasteiger partial charge in [0.25, 0.3) is 0 Å². The summed E-state index contributed by atoms with van der Waals surface area (Å²) in [7, 11) is 1.55. The number of methoxy groups -OCH3 is 1. The van der Waals surface area contributed by atoms with Gasteiger partial charge in [0.2, 0.25) is 5.88 Å². The lowest BCUT2D eigenvalue weighted by atomic mass is 10.1. The number of aryl methyl sites for hydroxylation is 1. The zero-order chi connectivity index (χ0) is 14.5. The van der Waals surface area contributed by atoms with Gasteiger partial charge in [0, 0.05) is 25.2 Å². The van der Waals surface area contributed by atoms with E-state index in [2.05, 4.69) is 10.1 Å². The van der Waals surface area contributed by atoms with E-state index in [0.29, 0.717) is 23.1 Å². The quantitative estimate of drug-likeness (QED) is 0.769. The van der Waals surface area contributed by atoms with Crippen molar-refractivity contribution in [2.45, 2.75) is 26.3 Å². The second-order valence-corrected chi connectivity index (χ2v) is 4.78. The van der Waals surface area contributed by atoms with Crippen molar-refractivity contribution < 1.29 is 9.53 Å². The summed E-state index contributed by atoms with van der Waals surface area (Å²) in [6.07, 6.45) is 4.27. The molecule has 0 unspecified atom stereocenters. The fourth-order valence-electron chi connectivity index (χ4n) is 1.93. The molecule has 2 heterocycles. The Morgan fingerprint density at radius 3 is 2.80 bits per heavy atom. The fraction of sp³-hybridized carbons (Fsp3) is 0.357. The summed E-state index contributed by atoms with van der Waals surface area (Å²) >= 11 is 6.05. The molecule has 2 rings (SSSR count). The van der Waals surface area contributed by atoms with E-state index in [9.17, 15) is 4.79 Å². The lowest BCUT2D eigenvalue weighted by molar-refractivity contribution is 0.0982. The van der Waals surface area contributed by atoms with Crippen molar-refractivity contribution >= 4 is 17.4 Å². The number of nitrogens with zero attached hydrogens (tertiary/aromatic N) is 3. The van der Waals surface area contributed by atoms with Gasteiger partial charge < -0.3 is 4.74 Å². The molecule has 0 N–H and O–H groups in total. The van der Waals surface area contributed by atoms with Crippen LogP contribution in [0.15, 0.2) is 24.5 Å². The number of Topliss-reactive ketones (excluding diaryl/α,β-unsaturated/α-hetero) is 1. The van der Waals surface area contributed by atoms with Gasteiger partial charge >= 0.3 is 0 Å². The van der Waals surface area contributed by atoms with E-state index in [-0.39, 0.29) is 12.2 Å². The Hall–Kier alpha value is -1.88. The van der Waals surface area contributed by atoms with E-state index in [1.165, 1.54) is 6.20 Å². The van der Waals surface area contributed by atoms with Crippen LogP contribution in [0.2, 0.25) is 5.02 Å². The maximum absolute atomic E-state index is 12.3. The van der Waals surface area contributed by atoms with Crippen LogP contribution in [0.5, 0.6) is 5.88 Å². The third-order valence-corrected chi connectivity index (χ3v) is 3.14. The highest BCUT2D eigenvalue weighted by atomic mass is 35.5. The summed E-state index contributed by atoms with van der Waals surface area (Å²) in [5.41, 5.74) is 1.28. The fourth-order valence-corrected chi connectivity index (χ4v) is 2.17. The van der Waals surface area contributed by atoms with E-state index in [4.69, 9.17) is 16.3 Å². The van der Waals surface area contributed by atoms with Gasteiger partial charge in [-0.15, -0.1) is 0 Å². The Balaban J connectivity index is 2.16. The summed E-state index contributed by atoms with van der Waals surface area (Å²) in [5, 5.41) is 4.52. The predicted octanol–water partition coefficient (Wildman–Crippen LogP) is 2.78. The second kappa shape index (κ2) is 6.52. The van der Waals surface area contributed by atoms with Gasteiger partial charge in [-0.25, -0.2) is 4.98 Å². The minimum absolute atomic E-state index is 0.0621. The molecule has 0 aliphatic rings. The zero-order valence-corrected chi connectivity index (χ0v) is 12.2. The number of rotatable bonds is 6. The van der Waals surface area contributed by atoms with E-state index >= 15 is 0 Å². The number of hydrogen-bond acceptors (Lipinski definition) is 4. The molecule has 0 fully saturated rings. The molecule has 0 saturated heterocycles. The number of carbonyl (C=O) groups is 1. The third kappa shape index (κ3) is 3.17. The van der Waals surface area contributed by atoms with Gasteiger partial charge in [0.15, 0.2) is 5.78 Å². The van der Waals surface area contributed by atoms with Crippen LogP contribution in [0.25, 0.3) is 0 Å². The van der Waals surface area contributed by atoms with Crippen LogP contribution in [0.1, 0.15) is 29.4 Å². The molecule has 2 aromatic heterocycles. The molecule has 0 bridgehead atoms. The number of halogens is 1. The minimum Gasteiger partial charge on any atom is -0.481 e. The smallest absolute Gasteiger partial charge is 0.212 e. The van der Waals surface area contributed by atoms with Crippen LogP contribution >= 0.6 is 11.6 Å². The van der Waals surface area contributed by atoms with Crippen molar-refractivity contribution in [1.82, 2.24) is 14.8 Å². The van der Waals surface area contributed by atoms with Crippen molar-refractivity contribution in [2.75, 3.05) is 7.11 Å². The first-order valence-electron chi connectivity index (χ1n) is 6.39. The van der Waals surface area contributed by atoms with Crippen LogP contribution in [-0.2, 0) is 13.0 Å². The molecule has 20 heavy (non-hydrogen) atoms. The first kappa shape index (κ1) is 14.5. The Morgan fingerprint density at radius 1 is 1.40 bits per heavy atom. The van der Waals surface area contributed by atoms with Gasteiger partial charge in [-0.05, 0) is 12.0 Å². The maximum atomic E-state index is 12.3. The molecule has 0 spiro atoms. The Labute approximate surface area is 122 Å². The second-order valence-electron chi connectivity index (χ2n) is 4.37. The van der Waals surface area contributed by atoms with Gasteiger partial charge in [0.05, 0.1) is 18.3 Å². The molecule has 0 saturated carbocycles. The highest BCUT2D eigenvalue weighted by molar-refractivity contribution is 6.33. The van der Waals surface area contributed by atoms with Crippen LogP contribution in [-0.4, -0.2) is 27.7 Å². The standard InChI is InChI=1S/C14H16ClN3O2/c1-3-6-18-14(11(15)9-17-18)12(19)7-10-4-5-13(20-2)16-8-10/h4-5,8-9H,3,6-7H2,1-2H3. The molecular weight excluding hydrogens is 278 g/mol. The average Bonchev–Trinajstić information content (AvgIpc) is 2.81. The molecule has 0 radical (unpaired) electrons. The Kier molecular flexibility index (Phi) is 4.74. The maximum Gasteiger partial charge on any atom is 0.212 e. The SMILES string of the molecule is CCCn1ncc(Cl)c1C(=O)Cc1ccc(OC)nc1. The monoisotopic (exact) mass is 293 g/mol. The van der Waals surface area contributed by atoms with Crippen LogP contribution in [0.4, 0.5) is 0 Å². The number of hydrogen-bond donors (Lipinski definition) is 0. The van der Waals surface area contributed by atoms with Gasteiger partial charge in [0.1, 0.15) is 5.69 Å². The summed E-state index contributed by atoms with van der Waals surface area (Å²) in [6.45, 7) is 2.70. The van der Waals surface area contributed by atoms with Crippen molar-refractivity contribution in [3.05, 3.63) is 40.8 Å². The van der Waals surface area contributed by atoms with Crippen molar-refractivity contribution in [2.24, 2.45) is 0 Å². The van der Waals surface area contributed by atoms with E-state index in [0.717, 1.165) is 12.0 Å². The highest BCUT2D eigenvalue weighted by Gasteiger charge is 2.17. The largest absolute Gasteiger partial charge is 0.481 e. The Bertz CT molecular complexity index is 593. The van der Waals surface area contributed by atoms with Crippen LogP contribution in [0, 0.1) is 0 Å². The van der Waals surface area contributed by atoms with Gasteiger partial charge in [-0.1, -0.05) is 24.6 Å². The van der Waals surface area contributed by atoms with Crippen LogP contribution in [0.3, 0.4) is 0 Å². The van der Waals surface area contributed by atoms with Gasteiger partial charge in [-0.2, -0.15) is 5.10 Å². The van der Waals surface area contributed by atoms with Crippen molar-refractivity contribution in [1.29, 1.82) is 0 Å². The molecule has 5 nitrogen and oxygen atoms in total. The zero-order valence-electron chi connectivity index (χ0n) is 11.5. The molecule has 0 aliphatic heterocycles. The normalized spacial score (nSPS) is 10.6.